The predicted molar refractivity (Wildman–Crippen MR) is 77.5 cm³/mol. The number of aromatic nitrogens is 2. The number of aromatic amines is 1. The number of nitrogens with zero attached hydrogens (tertiary/aromatic N) is 1. The van der Waals surface area contributed by atoms with Crippen molar-refractivity contribution in [3.8, 4) is 0 Å². The molecule has 0 aromatic carbocycles. The molecule has 1 saturated carbocycles. The molecule has 1 aromatic rings. The average molecular weight is 277 g/mol. The molecule has 1 heterocycles. The molecule has 0 radical (unpaired) electrons. The Kier molecular flexibility index (Phi) is 3.71. The maximum Gasteiger partial charge on any atom is 0.277 e. The normalized spacial score (nSPS) is 21.4. The monoisotopic (exact) mass is 277 g/mol. The van der Waals surface area contributed by atoms with Crippen LogP contribution in [0.15, 0.2) is 17.1 Å². The van der Waals surface area contributed by atoms with Crippen molar-refractivity contribution in [1.29, 1.82) is 0 Å². The zero-order valence-electron chi connectivity index (χ0n) is 12.6. The van der Waals surface area contributed by atoms with E-state index in [1.807, 2.05) is 0 Å². The van der Waals surface area contributed by atoms with Gasteiger partial charge in [0, 0.05) is 12.2 Å². The van der Waals surface area contributed by atoms with Gasteiger partial charge >= 0.3 is 0 Å². The summed E-state index contributed by atoms with van der Waals surface area (Å²) in [4.78, 5) is 23.8. The number of H-pyrrole nitrogens is 1. The van der Waals surface area contributed by atoms with Crippen molar-refractivity contribution in [2.75, 3.05) is 0 Å². The fourth-order valence-electron chi connectivity index (χ4n) is 3.73. The van der Waals surface area contributed by atoms with E-state index in [1.165, 1.54) is 12.3 Å². The van der Waals surface area contributed by atoms with Crippen LogP contribution in [0.1, 0.15) is 57.3 Å². The van der Waals surface area contributed by atoms with Gasteiger partial charge in [-0.1, -0.05) is 27.7 Å². The summed E-state index contributed by atoms with van der Waals surface area (Å²) in [7, 11) is 0. The third-order valence-electron chi connectivity index (χ3n) is 3.86. The van der Waals surface area contributed by atoms with Crippen LogP contribution in [0.4, 0.5) is 0 Å². The molecule has 0 aliphatic heterocycles. The van der Waals surface area contributed by atoms with E-state index in [2.05, 4.69) is 43.2 Å². The molecule has 20 heavy (non-hydrogen) atoms. The number of carbonyl (C=O) groups excluding carboxylic acids is 1. The standard InChI is InChI=1S/C15H23N3O2/c1-14(2)7-10(8-15(3,4)9-14)17-12(19)11-5-6-16-18-13(11)20/h5-6,10H,7-9H2,1-4H3,(H,17,19)(H,18,20). The largest absolute Gasteiger partial charge is 0.349 e. The molecule has 1 aromatic heterocycles. The van der Waals surface area contributed by atoms with Crippen LogP contribution >= 0.6 is 0 Å². The van der Waals surface area contributed by atoms with E-state index in [0.717, 1.165) is 19.3 Å². The van der Waals surface area contributed by atoms with Crippen LogP contribution in [0.2, 0.25) is 0 Å². The van der Waals surface area contributed by atoms with Gasteiger partial charge in [0.15, 0.2) is 0 Å². The smallest absolute Gasteiger partial charge is 0.277 e. The van der Waals surface area contributed by atoms with E-state index in [4.69, 9.17) is 0 Å². The van der Waals surface area contributed by atoms with Crippen LogP contribution in [0, 0.1) is 10.8 Å². The maximum atomic E-state index is 12.2. The summed E-state index contributed by atoms with van der Waals surface area (Å²) >= 11 is 0. The molecule has 5 heteroatoms. The van der Waals surface area contributed by atoms with Gasteiger partial charge in [0.2, 0.25) is 0 Å². The topological polar surface area (TPSA) is 74.8 Å². The number of nitrogens with one attached hydrogen (secondary N) is 2. The Bertz CT molecular complexity index is 544. The molecule has 0 saturated heterocycles. The molecule has 5 nitrogen and oxygen atoms in total. The lowest BCUT2D eigenvalue weighted by molar-refractivity contribution is 0.0712. The lowest BCUT2D eigenvalue weighted by Crippen LogP contribution is -2.46. The Morgan fingerprint density at radius 1 is 1.30 bits per heavy atom. The molecular weight excluding hydrogens is 254 g/mol. The van der Waals surface area contributed by atoms with Crippen LogP contribution in [0.3, 0.4) is 0 Å². The van der Waals surface area contributed by atoms with Gasteiger partial charge < -0.3 is 5.32 Å². The van der Waals surface area contributed by atoms with Gasteiger partial charge in [-0.3, -0.25) is 9.59 Å². The van der Waals surface area contributed by atoms with Crippen molar-refractivity contribution in [2.24, 2.45) is 10.8 Å². The zero-order chi connectivity index (χ0) is 15.0. The van der Waals surface area contributed by atoms with E-state index in [1.54, 1.807) is 0 Å². The van der Waals surface area contributed by atoms with E-state index < -0.39 is 5.56 Å². The maximum absolute atomic E-state index is 12.2. The second-order valence-electron chi connectivity index (χ2n) is 7.38. The molecule has 0 unspecified atom stereocenters. The quantitative estimate of drug-likeness (QED) is 0.869. The number of hydrogen-bond donors (Lipinski definition) is 2. The predicted octanol–water partition coefficient (Wildman–Crippen LogP) is 2.10. The first-order valence-corrected chi connectivity index (χ1v) is 7.03. The van der Waals surface area contributed by atoms with Crippen LogP contribution in [0.25, 0.3) is 0 Å². The Balaban J connectivity index is 2.12. The first-order valence-electron chi connectivity index (χ1n) is 7.03. The van der Waals surface area contributed by atoms with E-state index in [-0.39, 0.29) is 28.3 Å². The van der Waals surface area contributed by atoms with Crippen molar-refractivity contribution < 1.29 is 4.79 Å². The molecule has 1 aliphatic rings. The third kappa shape index (κ3) is 3.46. The van der Waals surface area contributed by atoms with Crippen LogP contribution < -0.4 is 10.9 Å². The van der Waals surface area contributed by atoms with Gasteiger partial charge in [-0.05, 0) is 36.2 Å². The summed E-state index contributed by atoms with van der Waals surface area (Å²) in [6, 6.07) is 1.56. The Morgan fingerprint density at radius 2 is 1.90 bits per heavy atom. The Morgan fingerprint density at radius 3 is 2.45 bits per heavy atom. The Labute approximate surface area is 119 Å². The second-order valence-corrected chi connectivity index (χ2v) is 7.38. The van der Waals surface area contributed by atoms with E-state index >= 15 is 0 Å². The second kappa shape index (κ2) is 5.04. The number of hydrogen-bond acceptors (Lipinski definition) is 3. The van der Waals surface area contributed by atoms with Gasteiger partial charge in [-0.25, -0.2) is 5.10 Å². The molecule has 0 atom stereocenters. The van der Waals surface area contributed by atoms with Gasteiger partial charge in [0.1, 0.15) is 5.56 Å². The first-order chi connectivity index (χ1) is 9.19. The highest BCUT2D eigenvalue weighted by atomic mass is 16.2. The van der Waals surface area contributed by atoms with Crippen molar-refractivity contribution in [3.05, 3.63) is 28.2 Å². The summed E-state index contributed by atoms with van der Waals surface area (Å²) in [5, 5.41) is 8.89. The van der Waals surface area contributed by atoms with Crippen molar-refractivity contribution in [1.82, 2.24) is 15.5 Å². The van der Waals surface area contributed by atoms with Crippen LogP contribution in [-0.2, 0) is 0 Å². The van der Waals surface area contributed by atoms with Crippen molar-refractivity contribution in [3.63, 3.8) is 0 Å². The highest BCUT2D eigenvalue weighted by molar-refractivity contribution is 5.93. The van der Waals surface area contributed by atoms with Gasteiger partial charge in [0.05, 0.1) is 0 Å². The van der Waals surface area contributed by atoms with Crippen LogP contribution in [0.5, 0.6) is 0 Å². The summed E-state index contributed by atoms with van der Waals surface area (Å²) in [5.41, 5.74) is 0.0786. The lowest BCUT2D eigenvalue weighted by atomic mass is 9.63. The van der Waals surface area contributed by atoms with Gasteiger partial charge in [0.25, 0.3) is 11.5 Å². The highest BCUT2D eigenvalue weighted by Gasteiger charge is 2.39. The molecule has 110 valence electrons. The van der Waals surface area contributed by atoms with Crippen LogP contribution in [-0.4, -0.2) is 22.1 Å². The minimum Gasteiger partial charge on any atom is -0.349 e. The number of rotatable bonds is 2. The zero-order valence-corrected chi connectivity index (χ0v) is 12.6. The molecule has 1 aliphatic carbocycles. The van der Waals surface area contributed by atoms with Gasteiger partial charge in [-0.2, -0.15) is 5.10 Å². The molecular formula is C15H23N3O2. The minimum absolute atomic E-state index is 0.105. The van der Waals surface area contributed by atoms with E-state index in [0.29, 0.717) is 0 Å². The third-order valence-corrected chi connectivity index (χ3v) is 3.86. The minimum atomic E-state index is -0.445. The molecule has 0 spiro atoms. The first kappa shape index (κ1) is 14.8. The Hall–Kier alpha value is -1.65. The number of amides is 1. The van der Waals surface area contributed by atoms with Crippen molar-refractivity contribution >= 4 is 5.91 Å². The SMILES string of the molecule is CC1(C)CC(NC(=O)c2ccn[nH]c2=O)CC(C)(C)C1. The average Bonchev–Trinajstić information content (AvgIpc) is 2.24. The lowest BCUT2D eigenvalue weighted by Gasteiger charge is -2.45. The molecule has 2 rings (SSSR count). The van der Waals surface area contributed by atoms with Gasteiger partial charge in [-0.15, -0.1) is 0 Å². The number of carbonyl (C=O) groups is 1. The summed E-state index contributed by atoms with van der Waals surface area (Å²) in [5.74, 6) is -0.313. The van der Waals surface area contributed by atoms with Crippen molar-refractivity contribution in [2.45, 2.75) is 53.0 Å². The summed E-state index contributed by atoms with van der Waals surface area (Å²) in [6.45, 7) is 8.91. The fourth-order valence-corrected chi connectivity index (χ4v) is 3.73. The molecule has 2 N–H and O–H groups in total. The fraction of sp³-hybridized carbons (Fsp3) is 0.667. The summed E-state index contributed by atoms with van der Waals surface area (Å²) in [6.07, 6.45) is 4.43. The highest BCUT2D eigenvalue weighted by Crippen LogP contribution is 2.45. The molecule has 0 bridgehead atoms. The molecule has 1 amide bonds. The molecule has 1 fully saturated rings. The van der Waals surface area contributed by atoms with E-state index in [9.17, 15) is 9.59 Å². The summed E-state index contributed by atoms with van der Waals surface area (Å²) < 4.78 is 0.